The molecule has 3 saturated heterocycles. The van der Waals surface area contributed by atoms with Crippen molar-refractivity contribution in [1.82, 2.24) is 0 Å². The molecule has 0 aromatic heterocycles. The van der Waals surface area contributed by atoms with E-state index in [-0.39, 0.29) is 0 Å². The van der Waals surface area contributed by atoms with Crippen LogP contribution in [0.5, 0.6) is 0 Å². The molecule has 0 aromatic rings. The van der Waals surface area contributed by atoms with Gasteiger partial charge in [-0.3, -0.25) is 0 Å². The van der Waals surface area contributed by atoms with Crippen LogP contribution in [-0.2, 0) is 33.2 Å². The molecule has 0 radical (unpaired) electrons. The average molecular weight is 562 g/mol. The fourth-order valence-electron chi connectivity index (χ4n) is 4.33. The number of hydrogen-bond donors (Lipinski definition) is 11. The number of rotatable bonds is 10. The maximum Gasteiger partial charge on any atom is 0.329 e. The summed E-state index contributed by atoms with van der Waals surface area (Å²) in [5.41, 5.74) is 0. The molecule has 38 heavy (non-hydrogen) atoms. The van der Waals surface area contributed by atoms with E-state index in [9.17, 15) is 55.9 Å². The third kappa shape index (κ3) is 6.58. The first-order valence-electron chi connectivity index (χ1n) is 11.6. The molecule has 0 aromatic carbocycles. The normalized spacial score (nSPS) is 48.1. The van der Waals surface area contributed by atoms with Gasteiger partial charge in [0.25, 0.3) is 0 Å². The zero-order valence-electron chi connectivity index (χ0n) is 19.8. The van der Waals surface area contributed by atoms with E-state index in [0.717, 1.165) is 0 Å². The van der Waals surface area contributed by atoms with Crippen LogP contribution in [0, 0.1) is 0 Å². The lowest BCUT2D eigenvalue weighted by Crippen LogP contribution is -2.66. The Morgan fingerprint density at radius 3 is 1.58 bits per heavy atom. The van der Waals surface area contributed by atoms with Crippen LogP contribution < -0.4 is 0 Å². The van der Waals surface area contributed by atoms with Crippen LogP contribution in [0.3, 0.4) is 0 Å². The van der Waals surface area contributed by atoms with E-state index in [1.165, 1.54) is 0 Å². The van der Waals surface area contributed by atoms with E-state index < -0.39 is 125 Å². The number of hydrogen-bond acceptors (Lipinski definition) is 17. The summed E-state index contributed by atoms with van der Waals surface area (Å²) in [6, 6.07) is 0. The first-order chi connectivity index (χ1) is 17.9. The zero-order valence-corrected chi connectivity index (χ0v) is 19.8. The van der Waals surface area contributed by atoms with Gasteiger partial charge in [-0.2, -0.15) is 0 Å². The van der Waals surface area contributed by atoms with E-state index in [0.29, 0.717) is 0 Å². The molecule has 3 rings (SSSR count). The smallest absolute Gasteiger partial charge is 0.329 e. The van der Waals surface area contributed by atoms with Crippen LogP contribution in [0.15, 0.2) is 0 Å². The summed E-state index contributed by atoms with van der Waals surface area (Å²) in [7, 11) is 0. The molecular weight excluding hydrogens is 528 g/mol. The zero-order chi connectivity index (χ0) is 28.3. The molecule has 222 valence electrons. The molecule has 18 nitrogen and oxygen atoms in total. The molecule has 0 aliphatic carbocycles. The van der Waals surface area contributed by atoms with Gasteiger partial charge in [0.15, 0.2) is 18.9 Å². The standard InChI is InChI=1S/C20H34O18/c21-1-5-9(26)11(28)13(30)19(34-5)38-17-10(27)6(2-22)35-20(15(17)32)37-16-7(3-23)36-18(14(31)12(16)29)33-4-8(24)25/h5-7,9-23,26-32H,1-4H2,(H,24,25)/t5-,6-,7-,9+,10+,11+,12-,13-,14-,15-,16-,17+,18+,19-,20+/m1/s1. The van der Waals surface area contributed by atoms with Crippen LogP contribution in [-0.4, -0.2) is 181 Å². The van der Waals surface area contributed by atoms with E-state index in [4.69, 9.17) is 33.5 Å². The highest BCUT2D eigenvalue weighted by molar-refractivity contribution is 5.68. The van der Waals surface area contributed by atoms with Gasteiger partial charge in [0, 0.05) is 0 Å². The van der Waals surface area contributed by atoms with Gasteiger partial charge in [-0.15, -0.1) is 0 Å². The minimum absolute atomic E-state index is 0.781. The van der Waals surface area contributed by atoms with Gasteiger partial charge >= 0.3 is 5.97 Å². The summed E-state index contributed by atoms with van der Waals surface area (Å²) in [4.78, 5) is 10.7. The van der Waals surface area contributed by atoms with Crippen LogP contribution >= 0.6 is 0 Å². The molecule has 3 heterocycles. The largest absolute Gasteiger partial charge is 0.480 e. The lowest BCUT2D eigenvalue weighted by Gasteiger charge is -2.48. The second-order valence-electron chi connectivity index (χ2n) is 9.02. The van der Waals surface area contributed by atoms with Crippen LogP contribution in [0.25, 0.3) is 0 Å². The third-order valence-electron chi connectivity index (χ3n) is 6.44. The Labute approximate surface area is 214 Å². The quantitative estimate of drug-likeness (QED) is 0.118. The summed E-state index contributed by atoms with van der Waals surface area (Å²) in [5.74, 6) is -1.40. The van der Waals surface area contributed by atoms with Crippen molar-refractivity contribution >= 4 is 5.97 Å². The summed E-state index contributed by atoms with van der Waals surface area (Å²) >= 11 is 0. The Balaban J connectivity index is 1.76. The molecule has 3 fully saturated rings. The fourth-order valence-corrected chi connectivity index (χ4v) is 4.33. The Bertz CT molecular complexity index is 753. The van der Waals surface area contributed by atoms with E-state index in [1.807, 2.05) is 0 Å². The number of carboxylic acid groups (broad SMARTS) is 1. The Hall–Kier alpha value is -1.17. The molecule has 0 saturated carbocycles. The number of aliphatic carboxylic acids is 1. The lowest BCUT2D eigenvalue weighted by molar-refractivity contribution is -0.380. The van der Waals surface area contributed by atoms with Crippen molar-refractivity contribution in [3.05, 3.63) is 0 Å². The summed E-state index contributed by atoms with van der Waals surface area (Å²) < 4.78 is 31.7. The minimum Gasteiger partial charge on any atom is -0.480 e. The van der Waals surface area contributed by atoms with Crippen molar-refractivity contribution in [1.29, 1.82) is 0 Å². The van der Waals surface area contributed by atoms with Gasteiger partial charge in [-0.25, -0.2) is 4.79 Å². The molecule has 15 atom stereocenters. The topological polar surface area (TPSA) is 295 Å². The minimum atomic E-state index is -1.95. The van der Waals surface area contributed by atoms with Crippen LogP contribution in [0.2, 0.25) is 0 Å². The highest BCUT2D eigenvalue weighted by atomic mass is 16.8. The van der Waals surface area contributed by atoms with Crippen molar-refractivity contribution in [2.24, 2.45) is 0 Å². The van der Waals surface area contributed by atoms with E-state index in [1.54, 1.807) is 0 Å². The number of ether oxygens (including phenoxy) is 6. The van der Waals surface area contributed by atoms with E-state index >= 15 is 0 Å². The van der Waals surface area contributed by atoms with Gasteiger partial charge in [-0.05, 0) is 0 Å². The first-order valence-corrected chi connectivity index (χ1v) is 11.6. The van der Waals surface area contributed by atoms with Gasteiger partial charge in [0.1, 0.15) is 79.9 Å². The maximum atomic E-state index is 10.9. The third-order valence-corrected chi connectivity index (χ3v) is 6.44. The summed E-state index contributed by atoms with van der Waals surface area (Å²) in [5, 5.41) is 110. The Morgan fingerprint density at radius 2 is 1.03 bits per heavy atom. The summed E-state index contributed by atoms with van der Waals surface area (Å²) in [6.45, 7) is -3.35. The van der Waals surface area contributed by atoms with Crippen LogP contribution in [0.1, 0.15) is 0 Å². The number of aliphatic hydroxyl groups is 10. The number of aliphatic hydroxyl groups excluding tert-OH is 10. The summed E-state index contributed by atoms with van der Waals surface area (Å²) in [6.07, 6.45) is -25.9. The van der Waals surface area contributed by atoms with Crippen molar-refractivity contribution in [3.63, 3.8) is 0 Å². The number of carboxylic acids is 1. The monoisotopic (exact) mass is 562 g/mol. The van der Waals surface area contributed by atoms with Gasteiger partial charge < -0.3 is 84.6 Å². The Morgan fingerprint density at radius 1 is 0.553 bits per heavy atom. The first kappa shape index (κ1) is 31.4. The lowest BCUT2D eigenvalue weighted by atomic mass is 9.96. The number of carbonyl (C=O) groups is 1. The Kier molecular flexibility index (Phi) is 11.1. The van der Waals surface area contributed by atoms with Crippen molar-refractivity contribution in [2.45, 2.75) is 92.1 Å². The second kappa shape index (κ2) is 13.5. The molecule has 0 bridgehead atoms. The molecule has 11 N–H and O–H groups in total. The van der Waals surface area contributed by atoms with Gasteiger partial charge in [0.05, 0.1) is 19.8 Å². The van der Waals surface area contributed by atoms with Crippen molar-refractivity contribution in [2.75, 3.05) is 26.4 Å². The van der Waals surface area contributed by atoms with Crippen LogP contribution in [0.4, 0.5) is 0 Å². The molecule has 0 amide bonds. The van der Waals surface area contributed by atoms with Crippen molar-refractivity contribution < 1.29 is 89.4 Å². The van der Waals surface area contributed by atoms with Crippen molar-refractivity contribution in [3.8, 4) is 0 Å². The van der Waals surface area contributed by atoms with Gasteiger partial charge in [-0.1, -0.05) is 0 Å². The fraction of sp³-hybridized carbons (Fsp3) is 0.950. The molecule has 0 unspecified atom stereocenters. The highest BCUT2D eigenvalue weighted by Gasteiger charge is 2.53. The predicted octanol–water partition coefficient (Wildman–Crippen LogP) is -7.46. The second-order valence-corrected chi connectivity index (χ2v) is 9.02. The van der Waals surface area contributed by atoms with E-state index in [2.05, 4.69) is 0 Å². The predicted molar refractivity (Wildman–Crippen MR) is 113 cm³/mol. The SMILES string of the molecule is O=C(O)CO[C@H]1O[C@H](CO)[C@@H](O[C@@H]2O[C@H](CO)[C@H](O)[C@H](O[C@H]3O[C@H](CO)[C@H](O)[C@H](O)[C@H]3O)[C@H]2O)[C@H](O)[C@H]1O. The molecule has 18 heteroatoms. The maximum absolute atomic E-state index is 10.9. The van der Waals surface area contributed by atoms with Gasteiger partial charge in [0.2, 0.25) is 0 Å². The molecule has 0 spiro atoms. The average Bonchev–Trinajstić information content (AvgIpc) is 2.89. The molecular formula is C20H34O18. The molecule has 3 aliphatic rings. The highest BCUT2D eigenvalue weighted by Crippen LogP contribution is 2.32. The molecule has 3 aliphatic heterocycles.